The van der Waals surface area contributed by atoms with E-state index in [-0.39, 0.29) is 11.8 Å². The zero-order valence-corrected chi connectivity index (χ0v) is 14.6. The van der Waals surface area contributed by atoms with E-state index in [1.165, 1.54) is 18.4 Å². The second-order valence-electron chi connectivity index (χ2n) is 6.43. The van der Waals surface area contributed by atoms with Crippen LogP contribution < -0.4 is 10.6 Å². The van der Waals surface area contributed by atoms with Crippen LogP contribution in [0, 0.1) is 0 Å². The van der Waals surface area contributed by atoms with Gasteiger partial charge in [0.1, 0.15) is 0 Å². The van der Waals surface area contributed by atoms with Crippen molar-refractivity contribution in [2.75, 3.05) is 18.4 Å². The van der Waals surface area contributed by atoms with Crippen molar-refractivity contribution < 1.29 is 4.79 Å². The first-order valence-electron chi connectivity index (χ1n) is 8.50. The fraction of sp³-hybridized carbons (Fsp3) is 0.350. The van der Waals surface area contributed by atoms with Gasteiger partial charge in [0.25, 0.3) is 0 Å². The Bertz CT molecular complexity index is 693. The number of rotatable bonds is 4. The minimum atomic E-state index is -0.245. The second-order valence-corrected chi connectivity index (χ2v) is 6.87. The van der Waals surface area contributed by atoms with E-state index in [1.807, 2.05) is 43.3 Å². The topological polar surface area (TPSA) is 41.1 Å². The average molecular weight is 343 g/mol. The normalized spacial score (nSPS) is 18.8. The molecular weight excluding hydrogens is 320 g/mol. The van der Waals surface area contributed by atoms with Crippen LogP contribution >= 0.6 is 11.6 Å². The minimum absolute atomic E-state index is 0.0238. The smallest absolute Gasteiger partial charge is 0.231 e. The van der Waals surface area contributed by atoms with Crippen LogP contribution in [0.3, 0.4) is 0 Å². The highest BCUT2D eigenvalue weighted by atomic mass is 35.5. The molecule has 2 N–H and O–H groups in total. The molecule has 1 aliphatic rings. The second kappa shape index (κ2) is 7.82. The maximum absolute atomic E-state index is 12.4. The molecule has 1 amide bonds. The molecule has 1 aliphatic heterocycles. The lowest BCUT2D eigenvalue weighted by atomic mass is 9.91. The largest absolute Gasteiger partial charge is 0.326 e. The molecule has 0 saturated carbocycles. The van der Waals surface area contributed by atoms with Crippen molar-refractivity contribution in [1.29, 1.82) is 0 Å². The summed E-state index contributed by atoms with van der Waals surface area (Å²) in [6.45, 7) is 4.05. The first-order chi connectivity index (χ1) is 11.6. The number of piperidine rings is 1. The van der Waals surface area contributed by atoms with Gasteiger partial charge in [-0.1, -0.05) is 35.9 Å². The molecule has 3 nitrogen and oxygen atoms in total. The summed E-state index contributed by atoms with van der Waals surface area (Å²) in [7, 11) is 0. The van der Waals surface area contributed by atoms with Crippen molar-refractivity contribution in [3.05, 3.63) is 64.7 Å². The number of anilines is 1. The van der Waals surface area contributed by atoms with E-state index in [1.54, 1.807) is 0 Å². The van der Waals surface area contributed by atoms with Crippen LogP contribution in [-0.4, -0.2) is 19.0 Å². The van der Waals surface area contributed by atoms with Crippen molar-refractivity contribution in [2.45, 2.75) is 31.6 Å². The monoisotopic (exact) mass is 342 g/mol. The van der Waals surface area contributed by atoms with Gasteiger partial charge in [0, 0.05) is 17.3 Å². The molecule has 2 atom stereocenters. The summed E-state index contributed by atoms with van der Waals surface area (Å²) in [5.74, 6) is 0.309. The minimum Gasteiger partial charge on any atom is -0.326 e. The van der Waals surface area contributed by atoms with E-state index >= 15 is 0 Å². The van der Waals surface area contributed by atoms with Gasteiger partial charge >= 0.3 is 0 Å². The number of halogens is 1. The third kappa shape index (κ3) is 4.16. The van der Waals surface area contributed by atoms with Gasteiger partial charge in [-0.3, -0.25) is 4.79 Å². The summed E-state index contributed by atoms with van der Waals surface area (Å²) in [5, 5.41) is 7.08. The Hall–Kier alpha value is -1.84. The van der Waals surface area contributed by atoms with E-state index in [0.717, 1.165) is 24.3 Å². The SMILES string of the molecule is C[C@H](C(=O)Nc1ccc(C2CCCNC2)cc1)c1cccc(Cl)c1. The molecule has 2 aromatic carbocycles. The average Bonchev–Trinajstić information content (AvgIpc) is 2.62. The Labute approximate surface area is 148 Å². The first-order valence-corrected chi connectivity index (χ1v) is 8.88. The van der Waals surface area contributed by atoms with Crippen molar-refractivity contribution in [3.63, 3.8) is 0 Å². The number of amides is 1. The molecule has 0 aliphatic carbocycles. The number of nitrogens with one attached hydrogen (secondary N) is 2. The van der Waals surface area contributed by atoms with Gasteiger partial charge in [0.2, 0.25) is 5.91 Å². The molecule has 3 rings (SSSR count). The third-order valence-electron chi connectivity index (χ3n) is 4.69. The summed E-state index contributed by atoms with van der Waals surface area (Å²) in [6.07, 6.45) is 2.45. The fourth-order valence-electron chi connectivity index (χ4n) is 3.15. The molecule has 4 heteroatoms. The van der Waals surface area contributed by atoms with Crippen LogP contribution in [0.1, 0.15) is 42.7 Å². The third-order valence-corrected chi connectivity index (χ3v) is 4.92. The van der Waals surface area contributed by atoms with Crippen molar-refractivity contribution in [2.24, 2.45) is 0 Å². The fourth-order valence-corrected chi connectivity index (χ4v) is 3.35. The van der Waals surface area contributed by atoms with Crippen LogP contribution in [0.15, 0.2) is 48.5 Å². The zero-order valence-electron chi connectivity index (χ0n) is 13.9. The highest BCUT2D eigenvalue weighted by Crippen LogP contribution is 2.25. The van der Waals surface area contributed by atoms with Gasteiger partial charge in [0.15, 0.2) is 0 Å². The van der Waals surface area contributed by atoms with Gasteiger partial charge in [-0.05, 0) is 67.6 Å². The molecule has 0 bridgehead atoms. The van der Waals surface area contributed by atoms with Crippen molar-refractivity contribution in [3.8, 4) is 0 Å². The molecule has 1 fully saturated rings. The van der Waals surface area contributed by atoms with Crippen LogP contribution in [-0.2, 0) is 4.79 Å². The van der Waals surface area contributed by atoms with E-state index in [9.17, 15) is 4.79 Å². The van der Waals surface area contributed by atoms with Crippen molar-refractivity contribution >= 4 is 23.2 Å². The number of hydrogen-bond acceptors (Lipinski definition) is 2. The maximum Gasteiger partial charge on any atom is 0.231 e. The Morgan fingerprint density at radius 3 is 2.71 bits per heavy atom. The Balaban J connectivity index is 1.63. The predicted molar refractivity (Wildman–Crippen MR) is 99.8 cm³/mol. The molecule has 126 valence electrons. The summed E-state index contributed by atoms with van der Waals surface area (Å²) < 4.78 is 0. The molecule has 1 unspecified atom stereocenters. The molecule has 0 radical (unpaired) electrons. The molecule has 0 spiro atoms. The van der Waals surface area contributed by atoms with E-state index in [0.29, 0.717) is 10.9 Å². The maximum atomic E-state index is 12.4. The van der Waals surface area contributed by atoms with Crippen LogP contribution in [0.2, 0.25) is 5.02 Å². The highest BCUT2D eigenvalue weighted by Gasteiger charge is 2.17. The summed E-state index contributed by atoms with van der Waals surface area (Å²) in [4.78, 5) is 12.4. The van der Waals surface area contributed by atoms with Gasteiger partial charge in [-0.2, -0.15) is 0 Å². The number of benzene rings is 2. The van der Waals surface area contributed by atoms with Crippen LogP contribution in [0.5, 0.6) is 0 Å². The number of hydrogen-bond donors (Lipinski definition) is 2. The predicted octanol–water partition coefficient (Wildman–Crippen LogP) is 4.55. The quantitative estimate of drug-likeness (QED) is 0.855. The molecular formula is C20H23ClN2O. The zero-order chi connectivity index (χ0) is 16.9. The molecule has 2 aromatic rings. The Kier molecular flexibility index (Phi) is 5.54. The van der Waals surface area contributed by atoms with Gasteiger partial charge < -0.3 is 10.6 Å². The van der Waals surface area contributed by atoms with Crippen LogP contribution in [0.25, 0.3) is 0 Å². The lowest BCUT2D eigenvalue weighted by Crippen LogP contribution is -2.28. The van der Waals surface area contributed by atoms with Gasteiger partial charge in [0.05, 0.1) is 5.92 Å². The summed E-state index contributed by atoms with van der Waals surface area (Å²) in [6, 6.07) is 15.7. The highest BCUT2D eigenvalue weighted by molar-refractivity contribution is 6.30. The van der Waals surface area contributed by atoms with Gasteiger partial charge in [-0.25, -0.2) is 0 Å². The van der Waals surface area contributed by atoms with E-state index < -0.39 is 0 Å². The van der Waals surface area contributed by atoms with E-state index in [4.69, 9.17) is 11.6 Å². The summed E-state index contributed by atoms with van der Waals surface area (Å²) in [5.41, 5.74) is 3.09. The number of carbonyl (C=O) groups excluding carboxylic acids is 1. The lowest BCUT2D eigenvalue weighted by Gasteiger charge is -2.23. The standard InChI is InChI=1S/C20H23ClN2O/c1-14(16-4-2-6-18(21)12-16)20(24)23-19-9-7-15(8-10-19)17-5-3-11-22-13-17/h2,4,6-10,12,14,17,22H,3,5,11,13H2,1H3,(H,23,24)/t14-,17?/m0/s1. The summed E-state index contributed by atoms with van der Waals surface area (Å²) >= 11 is 6.01. The Morgan fingerprint density at radius 2 is 2.04 bits per heavy atom. The van der Waals surface area contributed by atoms with Crippen molar-refractivity contribution in [1.82, 2.24) is 5.32 Å². The van der Waals surface area contributed by atoms with E-state index in [2.05, 4.69) is 22.8 Å². The number of carbonyl (C=O) groups is 1. The molecule has 0 aromatic heterocycles. The molecule has 1 saturated heterocycles. The lowest BCUT2D eigenvalue weighted by molar-refractivity contribution is -0.117. The Morgan fingerprint density at radius 1 is 1.25 bits per heavy atom. The van der Waals surface area contributed by atoms with Gasteiger partial charge in [-0.15, -0.1) is 0 Å². The first kappa shape index (κ1) is 17.0. The molecule has 24 heavy (non-hydrogen) atoms. The van der Waals surface area contributed by atoms with Crippen LogP contribution in [0.4, 0.5) is 5.69 Å². The molecule has 1 heterocycles.